The molecule has 1 heterocycles. The molecule has 0 aliphatic carbocycles. The van der Waals surface area contributed by atoms with E-state index in [0.29, 0.717) is 33.0 Å². The van der Waals surface area contributed by atoms with Gasteiger partial charge >= 0.3 is 0 Å². The van der Waals surface area contributed by atoms with E-state index in [1.54, 1.807) is 18.2 Å². The Morgan fingerprint density at radius 3 is 2.53 bits per heavy atom. The second kappa shape index (κ2) is 4.73. The Morgan fingerprint density at radius 2 is 1.88 bits per heavy atom. The normalized spacial score (nSPS) is 10.2. The Morgan fingerprint density at radius 1 is 1.12 bits per heavy atom. The molecule has 0 aliphatic heterocycles. The maximum Gasteiger partial charge on any atom is 0.255 e. The molecule has 2 aromatic rings. The van der Waals surface area contributed by atoms with Gasteiger partial charge in [-0.2, -0.15) is 0 Å². The Bertz CT molecular complexity index is 635. The van der Waals surface area contributed by atoms with Gasteiger partial charge < -0.3 is 4.98 Å². The van der Waals surface area contributed by atoms with Crippen LogP contribution in [0.1, 0.15) is 10.4 Å². The SMILES string of the molecule is O=Cc1c[nH]c(=O)c(-c2ccc(Cl)c(Cl)c2)c1. The predicted molar refractivity (Wildman–Crippen MR) is 67.9 cm³/mol. The number of aromatic nitrogens is 1. The van der Waals surface area contributed by atoms with Crippen LogP contribution in [-0.4, -0.2) is 11.3 Å². The third kappa shape index (κ3) is 2.40. The lowest BCUT2D eigenvalue weighted by atomic mass is 10.1. The minimum atomic E-state index is -0.283. The minimum absolute atomic E-state index is 0.283. The summed E-state index contributed by atoms with van der Waals surface area (Å²) in [5.74, 6) is 0. The van der Waals surface area contributed by atoms with E-state index in [1.165, 1.54) is 12.3 Å². The Balaban J connectivity index is 2.63. The molecule has 0 atom stereocenters. The Labute approximate surface area is 107 Å². The standard InChI is InChI=1S/C12H7Cl2NO2/c13-10-2-1-8(4-11(10)14)9-3-7(6-16)5-15-12(9)17/h1-6H,(H,15,17). The van der Waals surface area contributed by atoms with Crippen LogP contribution in [0.25, 0.3) is 11.1 Å². The van der Waals surface area contributed by atoms with Crippen LogP contribution in [0, 0.1) is 0 Å². The van der Waals surface area contributed by atoms with Crippen LogP contribution in [0.5, 0.6) is 0 Å². The lowest BCUT2D eigenvalue weighted by Gasteiger charge is -2.03. The molecule has 1 aromatic heterocycles. The zero-order chi connectivity index (χ0) is 12.4. The van der Waals surface area contributed by atoms with Gasteiger partial charge in [-0.25, -0.2) is 0 Å². The molecular formula is C12H7Cl2NO2. The Hall–Kier alpha value is -1.58. The van der Waals surface area contributed by atoms with Gasteiger partial charge in [-0.05, 0) is 23.8 Å². The highest BCUT2D eigenvalue weighted by Crippen LogP contribution is 2.27. The number of halogens is 2. The first-order chi connectivity index (χ1) is 8.11. The molecule has 0 spiro atoms. The van der Waals surface area contributed by atoms with E-state index in [0.717, 1.165) is 0 Å². The fourth-order valence-electron chi connectivity index (χ4n) is 1.45. The average Bonchev–Trinajstić information content (AvgIpc) is 2.33. The van der Waals surface area contributed by atoms with Crippen LogP contribution in [-0.2, 0) is 0 Å². The molecule has 0 saturated heterocycles. The first-order valence-electron chi connectivity index (χ1n) is 4.75. The second-order valence-electron chi connectivity index (χ2n) is 3.42. The van der Waals surface area contributed by atoms with Gasteiger partial charge in [-0.15, -0.1) is 0 Å². The fourth-order valence-corrected chi connectivity index (χ4v) is 1.74. The van der Waals surface area contributed by atoms with Crippen LogP contribution in [0.4, 0.5) is 0 Å². The van der Waals surface area contributed by atoms with E-state index in [9.17, 15) is 9.59 Å². The summed E-state index contributed by atoms with van der Waals surface area (Å²) in [6.45, 7) is 0. The highest BCUT2D eigenvalue weighted by molar-refractivity contribution is 6.42. The highest BCUT2D eigenvalue weighted by Gasteiger charge is 2.06. The molecule has 0 unspecified atom stereocenters. The average molecular weight is 268 g/mol. The third-order valence-electron chi connectivity index (χ3n) is 2.29. The van der Waals surface area contributed by atoms with Crippen LogP contribution < -0.4 is 5.56 Å². The van der Waals surface area contributed by atoms with E-state index >= 15 is 0 Å². The number of carbonyl (C=O) groups excluding carboxylic acids is 1. The van der Waals surface area contributed by atoms with Gasteiger partial charge in [0, 0.05) is 17.3 Å². The second-order valence-corrected chi connectivity index (χ2v) is 4.24. The molecule has 2 rings (SSSR count). The number of benzene rings is 1. The van der Waals surface area contributed by atoms with Gasteiger partial charge in [-0.1, -0.05) is 29.3 Å². The van der Waals surface area contributed by atoms with Crippen molar-refractivity contribution < 1.29 is 4.79 Å². The molecule has 0 aliphatic rings. The number of aldehydes is 1. The summed E-state index contributed by atoms with van der Waals surface area (Å²) < 4.78 is 0. The van der Waals surface area contributed by atoms with E-state index < -0.39 is 0 Å². The molecule has 1 aromatic carbocycles. The third-order valence-corrected chi connectivity index (χ3v) is 3.03. The number of hydrogen-bond donors (Lipinski definition) is 1. The van der Waals surface area contributed by atoms with E-state index in [-0.39, 0.29) is 5.56 Å². The molecule has 0 saturated carbocycles. The Kier molecular flexibility index (Phi) is 3.31. The van der Waals surface area contributed by atoms with Crippen molar-refractivity contribution in [2.24, 2.45) is 0 Å². The molecular weight excluding hydrogens is 261 g/mol. The number of nitrogens with one attached hydrogen (secondary N) is 1. The van der Waals surface area contributed by atoms with Crippen molar-refractivity contribution in [3.63, 3.8) is 0 Å². The molecule has 5 heteroatoms. The zero-order valence-electron chi connectivity index (χ0n) is 8.54. The molecule has 1 N–H and O–H groups in total. The van der Waals surface area contributed by atoms with Gasteiger partial charge in [0.05, 0.1) is 10.0 Å². The van der Waals surface area contributed by atoms with Crippen LogP contribution >= 0.6 is 23.2 Å². The van der Waals surface area contributed by atoms with E-state index in [2.05, 4.69) is 4.98 Å². The van der Waals surface area contributed by atoms with Crippen molar-refractivity contribution in [3.05, 3.63) is 56.4 Å². The summed E-state index contributed by atoms with van der Waals surface area (Å²) in [7, 11) is 0. The summed E-state index contributed by atoms with van der Waals surface area (Å²) in [6.07, 6.45) is 2.02. The zero-order valence-corrected chi connectivity index (χ0v) is 10.0. The molecule has 0 bridgehead atoms. The van der Waals surface area contributed by atoms with E-state index in [4.69, 9.17) is 23.2 Å². The monoisotopic (exact) mass is 267 g/mol. The predicted octanol–water partition coefficient (Wildman–Crippen LogP) is 3.16. The van der Waals surface area contributed by atoms with Crippen molar-refractivity contribution in [1.82, 2.24) is 4.98 Å². The first-order valence-corrected chi connectivity index (χ1v) is 5.51. The topological polar surface area (TPSA) is 49.9 Å². The van der Waals surface area contributed by atoms with Crippen LogP contribution in [0.2, 0.25) is 10.0 Å². The number of aromatic amines is 1. The first kappa shape index (κ1) is 11.9. The highest BCUT2D eigenvalue weighted by atomic mass is 35.5. The summed E-state index contributed by atoms with van der Waals surface area (Å²) in [5.41, 5.74) is 1.11. The number of H-pyrrole nitrogens is 1. The molecule has 3 nitrogen and oxygen atoms in total. The summed E-state index contributed by atoms with van der Waals surface area (Å²) >= 11 is 11.7. The maximum absolute atomic E-state index is 11.6. The van der Waals surface area contributed by atoms with Crippen molar-refractivity contribution in [3.8, 4) is 11.1 Å². The fraction of sp³-hybridized carbons (Fsp3) is 0. The largest absolute Gasteiger partial charge is 0.328 e. The summed E-state index contributed by atoms with van der Waals surface area (Å²) in [6, 6.07) is 6.37. The minimum Gasteiger partial charge on any atom is -0.328 e. The summed E-state index contributed by atoms with van der Waals surface area (Å²) in [5, 5.41) is 0.776. The van der Waals surface area contributed by atoms with E-state index in [1.807, 2.05) is 0 Å². The van der Waals surface area contributed by atoms with Crippen molar-refractivity contribution in [2.75, 3.05) is 0 Å². The number of rotatable bonds is 2. The lowest BCUT2D eigenvalue weighted by molar-refractivity contribution is 0.112. The molecule has 0 amide bonds. The van der Waals surface area contributed by atoms with Crippen LogP contribution in [0.3, 0.4) is 0 Å². The van der Waals surface area contributed by atoms with Crippen molar-refractivity contribution >= 4 is 29.5 Å². The lowest BCUT2D eigenvalue weighted by Crippen LogP contribution is -2.08. The number of pyridine rings is 1. The van der Waals surface area contributed by atoms with Crippen molar-refractivity contribution in [2.45, 2.75) is 0 Å². The van der Waals surface area contributed by atoms with Gasteiger partial charge in [0.2, 0.25) is 0 Å². The molecule has 0 fully saturated rings. The smallest absolute Gasteiger partial charge is 0.255 e. The quantitative estimate of drug-likeness (QED) is 0.850. The van der Waals surface area contributed by atoms with Crippen molar-refractivity contribution in [1.29, 1.82) is 0 Å². The van der Waals surface area contributed by atoms with Gasteiger partial charge in [0.25, 0.3) is 5.56 Å². The van der Waals surface area contributed by atoms with Gasteiger partial charge in [-0.3, -0.25) is 9.59 Å². The number of carbonyl (C=O) groups is 1. The maximum atomic E-state index is 11.6. The summed E-state index contributed by atoms with van der Waals surface area (Å²) in [4.78, 5) is 24.8. The molecule has 86 valence electrons. The molecule has 17 heavy (non-hydrogen) atoms. The van der Waals surface area contributed by atoms with Gasteiger partial charge in [0.15, 0.2) is 6.29 Å². The molecule has 0 radical (unpaired) electrons. The van der Waals surface area contributed by atoms with Gasteiger partial charge in [0.1, 0.15) is 0 Å². The van der Waals surface area contributed by atoms with Crippen LogP contribution in [0.15, 0.2) is 35.3 Å². The number of hydrogen-bond acceptors (Lipinski definition) is 2.